The van der Waals surface area contributed by atoms with Crippen molar-refractivity contribution in [2.75, 3.05) is 13.2 Å². The highest BCUT2D eigenvalue weighted by Crippen LogP contribution is 2.13. The average Bonchev–Trinajstić information content (AvgIpc) is 3.31. The van der Waals surface area contributed by atoms with Gasteiger partial charge in [0.25, 0.3) is 0 Å². The number of rotatable bonds is 46. The topological polar surface area (TPSA) is 78.9 Å². The van der Waals surface area contributed by atoms with E-state index in [2.05, 4.69) is 130 Å². The lowest BCUT2D eigenvalue weighted by atomic mass is 10.1. The van der Waals surface area contributed by atoms with Crippen LogP contribution in [-0.2, 0) is 28.6 Å². The summed E-state index contributed by atoms with van der Waals surface area (Å²) < 4.78 is 16.7. The molecule has 6 nitrogen and oxygen atoms in total. The van der Waals surface area contributed by atoms with E-state index < -0.39 is 6.10 Å². The monoisotopic (exact) mass is 913 g/mol. The highest BCUT2D eigenvalue weighted by atomic mass is 16.6. The van der Waals surface area contributed by atoms with Gasteiger partial charge >= 0.3 is 17.9 Å². The molecular weight excluding hydrogens is 817 g/mol. The summed E-state index contributed by atoms with van der Waals surface area (Å²) in [6.45, 7) is 6.29. The Morgan fingerprint density at radius 3 is 1.18 bits per heavy atom. The van der Waals surface area contributed by atoms with E-state index in [1.807, 2.05) is 12.2 Å². The third-order valence-corrected chi connectivity index (χ3v) is 10.8. The predicted octanol–water partition coefficient (Wildman–Crippen LogP) is 17.7. The summed E-state index contributed by atoms with van der Waals surface area (Å²) in [5.41, 5.74) is 0. The molecule has 0 aliphatic heterocycles. The molecule has 0 radical (unpaired) electrons. The number of hydrogen-bond donors (Lipinski definition) is 0. The molecule has 0 spiro atoms. The lowest BCUT2D eigenvalue weighted by molar-refractivity contribution is -0.166. The minimum atomic E-state index is -0.824. The van der Waals surface area contributed by atoms with Gasteiger partial charge in [-0.1, -0.05) is 219 Å². The number of esters is 3. The highest BCUT2D eigenvalue weighted by molar-refractivity contribution is 5.71. The van der Waals surface area contributed by atoms with E-state index in [4.69, 9.17) is 14.2 Å². The molecule has 1 unspecified atom stereocenters. The highest BCUT2D eigenvalue weighted by Gasteiger charge is 2.19. The van der Waals surface area contributed by atoms with Gasteiger partial charge in [-0.3, -0.25) is 14.4 Å². The van der Waals surface area contributed by atoms with Gasteiger partial charge in [-0.15, -0.1) is 0 Å². The van der Waals surface area contributed by atoms with Crippen molar-refractivity contribution < 1.29 is 28.6 Å². The normalized spacial score (nSPS) is 13.1. The Bertz CT molecular complexity index is 1420. The second-order valence-electron chi connectivity index (χ2n) is 17.1. The molecule has 0 aromatic heterocycles. The molecular formula is C60H96O6. The summed E-state index contributed by atoms with van der Waals surface area (Å²) in [6, 6.07) is 0. The van der Waals surface area contributed by atoms with Gasteiger partial charge in [-0.05, 0) is 103 Å². The summed E-state index contributed by atoms with van der Waals surface area (Å²) in [4.78, 5) is 38.0. The van der Waals surface area contributed by atoms with E-state index >= 15 is 0 Å². The van der Waals surface area contributed by atoms with Gasteiger partial charge in [-0.25, -0.2) is 0 Å². The van der Waals surface area contributed by atoms with Crippen LogP contribution in [0, 0.1) is 0 Å². The molecule has 0 aliphatic rings. The molecule has 0 aromatic rings. The van der Waals surface area contributed by atoms with Crippen LogP contribution in [-0.4, -0.2) is 37.2 Å². The molecule has 6 heteroatoms. The fraction of sp³-hybridized carbons (Fsp3) is 0.617. The van der Waals surface area contributed by atoms with Crippen molar-refractivity contribution in [3.05, 3.63) is 122 Å². The van der Waals surface area contributed by atoms with Crippen molar-refractivity contribution in [2.24, 2.45) is 0 Å². The molecule has 372 valence electrons. The van der Waals surface area contributed by atoms with Gasteiger partial charge in [0, 0.05) is 19.3 Å². The standard InChI is InChI=1S/C60H96O6/c1-4-7-10-13-16-19-22-25-27-29-30-31-33-35-38-41-44-47-50-53-59(62)65-56-57(55-64-58(61)52-49-46-43-40-37-34-24-21-18-15-12-9-6-3)66-60(63)54-51-48-45-42-39-36-32-28-26-23-20-17-14-11-8-5-2/h7,9-10,12,15-16,18-19,21,24-25,27-28,30-32,35,38,44,47,57H,4-6,8,11,13-14,17,20,22-23,26,29,33-34,36-37,39-43,45-46,48-56H2,1-3H3/b10-7-,12-9-,18-15-,19-16-,24-21-,27-25-,31-30-,32-28-,38-35-,47-44-. The Balaban J connectivity index is 4.55. The molecule has 1 atom stereocenters. The van der Waals surface area contributed by atoms with Crippen LogP contribution in [0.1, 0.15) is 220 Å². The molecule has 0 heterocycles. The van der Waals surface area contributed by atoms with Crippen LogP contribution in [0.3, 0.4) is 0 Å². The first-order chi connectivity index (χ1) is 32.5. The first-order valence-electron chi connectivity index (χ1n) is 26.6. The lowest BCUT2D eigenvalue weighted by Gasteiger charge is -2.18. The molecule has 0 amide bonds. The van der Waals surface area contributed by atoms with E-state index in [1.54, 1.807) is 0 Å². The molecule has 0 aliphatic carbocycles. The van der Waals surface area contributed by atoms with E-state index in [0.29, 0.717) is 19.3 Å². The van der Waals surface area contributed by atoms with Crippen molar-refractivity contribution in [2.45, 2.75) is 226 Å². The second-order valence-corrected chi connectivity index (χ2v) is 17.1. The maximum Gasteiger partial charge on any atom is 0.306 e. The van der Waals surface area contributed by atoms with E-state index in [1.165, 1.54) is 57.8 Å². The van der Waals surface area contributed by atoms with Crippen LogP contribution in [0.5, 0.6) is 0 Å². The summed E-state index contributed by atoms with van der Waals surface area (Å²) in [5, 5.41) is 0. The average molecular weight is 913 g/mol. The molecule has 0 saturated carbocycles. The van der Waals surface area contributed by atoms with E-state index in [0.717, 1.165) is 116 Å². The SMILES string of the molecule is CC\C=C/C=C\C=C/CCCCCCCC(=O)OCC(COC(=O)CC/C=C\C/C=C\C/C=C\C/C=C\C/C=C\C/C=C\CC)OC(=O)CCCCCCC/C=C\CCCCCCCCC. The Hall–Kier alpha value is -4.19. The van der Waals surface area contributed by atoms with Crippen molar-refractivity contribution in [3.8, 4) is 0 Å². The first-order valence-corrected chi connectivity index (χ1v) is 26.6. The lowest BCUT2D eigenvalue weighted by Crippen LogP contribution is -2.30. The zero-order valence-corrected chi connectivity index (χ0v) is 42.4. The first kappa shape index (κ1) is 61.8. The molecule has 0 fully saturated rings. The molecule has 0 rings (SSSR count). The number of carbonyl (C=O) groups excluding carboxylic acids is 3. The Kier molecular flexibility index (Phi) is 50.0. The Morgan fingerprint density at radius 2 is 0.697 bits per heavy atom. The van der Waals surface area contributed by atoms with E-state index in [9.17, 15) is 14.4 Å². The largest absolute Gasteiger partial charge is 0.462 e. The number of ether oxygens (including phenoxy) is 3. The Morgan fingerprint density at radius 1 is 0.333 bits per heavy atom. The summed E-state index contributed by atoms with van der Waals surface area (Å²) in [6.07, 6.45) is 73.4. The zero-order chi connectivity index (χ0) is 47.9. The molecule has 0 N–H and O–H groups in total. The molecule has 0 bridgehead atoms. The fourth-order valence-electron chi connectivity index (χ4n) is 6.81. The molecule has 0 aromatic carbocycles. The summed E-state index contributed by atoms with van der Waals surface area (Å²) in [7, 11) is 0. The second kappa shape index (κ2) is 53.4. The van der Waals surface area contributed by atoms with Crippen molar-refractivity contribution in [1.29, 1.82) is 0 Å². The van der Waals surface area contributed by atoms with Gasteiger partial charge in [-0.2, -0.15) is 0 Å². The van der Waals surface area contributed by atoms with Gasteiger partial charge in [0.15, 0.2) is 6.10 Å². The predicted molar refractivity (Wildman–Crippen MR) is 283 cm³/mol. The minimum absolute atomic E-state index is 0.119. The van der Waals surface area contributed by atoms with Crippen molar-refractivity contribution in [1.82, 2.24) is 0 Å². The minimum Gasteiger partial charge on any atom is -0.462 e. The quantitative estimate of drug-likeness (QED) is 0.0199. The number of hydrogen-bond acceptors (Lipinski definition) is 6. The summed E-state index contributed by atoms with van der Waals surface area (Å²) >= 11 is 0. The third kappa shape index (κ3) is 50.8. The van der Waals surface area contributed by atoms with Gasteiger partial charge in [0.05, 0.1) is 0 Å². The summed E-state index contributed by atoms with van der Waals surface area (Å²) in [5.74, 6) is -1.04. The maximum atomic E-state index is 12.8. The third-order valence-electron chi connectivity index (χ3n) is 10.8. The van der Waals surface area contributed by atoms with Gasteiger partial charge < -0.3 is 14.2 Å². The zero-order valence-electron chi connectivity index (χ0n) is 42.4. The van der Waals surface area contributed by atoms with Gasteiger partial charge in [0.1, 0.15) is 13.2 Å². The van der Waals surface area contributed by atoms with Crippen molar-refractivity contribution >= 4 is 17.9 Å². The van der Waals surface area contributed by atoms with Crippen LogP contribution in [0.2, 0.25) is 0 Å². The Labute approximate surface area is 405 Å². The van der Waals surface area contributed by atoms with Crippen LogP contribution in [0.25, 0.3) is 0 Å². The number of allylic oxidation sites excluding steroid dienone is 20. The van der Waals surface area contributed by atoms with Crippen LogP contribution in [0.15, 0.2) is 122 Å². The van der Waals surface area contributed by atoms with Crippen LogP contribution in [0.4, 0.5) is 0 Å². The maximum absolute atomic E-state index is 12.8. The number of unbranched alkanes of at least 4 members (excludes halogenated alkanes) is 17. The molecule has 0 saturated heterocycles. The van der Waals surface area contributed by atoms with Crippen LogP contribution < -0.4 is 0 Å². The van der Waals surface area contributed by atoms with Crippen LogP contribution >= 0.6 is 0 Å². The van der Waals surface area contributed by atoms with E-state index in [-0.39, 0.29) is 37.5 Å². The smallest absolute Gasteiger partial charge is 0.306 e. The molecule has 66 heavy (non-hydrogen) atoms. The number of carbonyl (C=O) groups is 3. The van der Waals surface area contributed by atoms with Crippen molar-refractivity contribution in [3.63, 3.8) is 0 Å². The fourth-order valence-corrected chi connectivity index (χ4v) is 6.81. The van der Waals surface area contributed by atoms with Gasteiger partial charge in [0.2, 0.25) is 0 Å².